The summed E-state index contributed by atoms with van der Waals surface area (Å²) in [6.45, 7) is 5.00. The summed E-state index contributed by atoms with van der Waals surface area (Å²) in [5, 5.41) is 0.834. The van der Waals surface area contributed by atoms with E-state index in [-0.39, 0.29) is 11.9 Å². The number of fused-ring (bicyclic) bond motifs is 1. The fourth-order valence-corrected chi connectivity index (χ4v) is 4.96. The zero-order valence-electron chi connectivity index (χ0n) is 16.9. The lowest BCUT2D eigenvalue weighted by Gasteiger charge is -2.40. The van der Waals surface area contributed by atoms with Crippen LogP contribution in [-0.2, 0) is 16.1 Å². The Hall–Kier alpha value is -2.10. The van der Waals surface area contributed by atoms with E-state index in [4.69, 9.17) is 9.73 Å². The molecule has 2 saturated heterocycles. The Morgan fingerprint density at radius 3 is 2.59 bits per heavy atom. The maximum Gasteiger partial charge on any atom is 0.328 e. The number of morpholine rings is 1. The second-order valence-electron chi connectivity index (χ2n) is 7.48. The predicted molar refractivity (Wildman–Crippen MR) is 113 cm³/mol. The number of rotatable bonds is 5. The van der Waals surface area contributed by atoms with Gasteiger partial charge in [-0.25, -0.2) is 9.79 Å². The van der Waals surface area contributed by atoms with Gasteiger partial charge in [-0.05, 0) is 5.56 Å². The number of amides is 3. The van der Waals surface area contributed by atoms with Gasteiger partial charge in [-0.3, -0.25) is 14.6 Å². The number of carbonyl (C=O) groups excluding carboxylic acids is 2. The minimum absolute atomic E-state index is 0.193. The lowest BCUT2D eigenvalue weighted by Crippen LogP contribution is -2.63. The van der Waals surface area contributed by atoms with Gasteiger partial charge in [0.05, 0.1) is 13.2 Å². The van der Waals surface area contributed by atoms with Crippen LogP contribution < -0.4 is 0 Å². The molecule has 9 heteroatoms. The Labute approximate surface area is 175 Å². The maximum absolute atomic E-state index is 13.0. The van der Waals surface area contributed by atoms with Crippen LogP contribution >= 0.6 is 11.8 Å². The summed E-state index contributed by atoms with van der Waals surface area (Å²) in [5.41, 5.74) is 1.12. The van der Waals surface area contributed by atoms with Gasteiger partial charge < -0.3 is 14.5 Å². The van der Waals surface area contributed by atoms with Crippen molar-refractivity contribution in [2.24, 2.45) is 4.99 Å². The van der Waals surface area contributed by atoms with Crippen LogP contribution in [0.1, 0.15) is 5.56 Å². The van der Waals surface area contributed by atoms with Gasteiger partial charge in [0.1, 0.15) is 0 Å². The highest BCUT2D eigenvalue weighted by Crippen LogP contribution is 2.32. The number of carbonyl (C=O) groups is 2. The van der Waals surface area contributed by atoms with Crippen molar-refractivity contribution in [2.75, 3.05) is 52.7 Å². The van der Waals surface area contributed by atoms with Gasteiger partial charge in [0, 0.05) is 46.0 Å². The first kappa shape index (κ1) is 20.2. The summed E-state index contributed by atoms with van der Waals surface area (Å²) in [4.78, 5) is 37.4. The van der Waals surface area contributed by atoms with Crippen molar-refractivity contribution in [3.63, 3.8) is 0 Å². The molecule has 8 nitrogen and oxygen atoms in total. The van der Waals surface area contributed by atoms with E-state index < -0.39 is 12.2 Å². The van der Waals surface area contributed by atoms with Gasteiger partial charge in [0.2, 0.25) is 0 Å². The molecule has 156 valence electrons. The van der Waals surface area contributed by atoms with Crippen molar-refractivity contribution in [3.05, 3.63) is 35.9 Å². The fraction of sp³-hybridized carbons (Fsp3) is 0.550. The smallest absolute Gasteiger partial charge is 0.328 e. The predicted octanol–water partition coefficient (Wildman–Crippen LogP) is 1.14. The summed E-state index contributed by atoms with van der Waals surface area (Å²) in [5.74, 6) is 0.687. The number of hydrogen-bond acceptors (Lipinski definition) is 7. The third kappa shape index (κ3) is 4.12. The van der Waals surface area contributed by atoms with E-state index >= 15 is 0 Å². The Morgan fingerprint density at radius 1 is 1.14 bits per heavy atom. The molecule has 0 bridgehead atoms. The average Bonchev–Trinajstić information content (AvgIpc) is 3.10. The molecular weight excluding hydrogens is 390 g/mol. The Bertz CT molecular complexity index is 784. The maximum atomic E-state index is 13.0. The molecule has 0 aromatic heterocycles. The summed E-state index contributed by atoms with van der Waals surface area (Å²) in [6, 6.07) is 9.29. The number of nitrogens with zero attached hydrogens (tertiary/aromatic N) is 5. The first-order chi connectivity index (χ1) is 14.1. The lowest BCUT2D eigenvalue weighted by molar-refractivity contribution is -0.136. The van der Waals surface area contributed by atoms with Gasteiger partial charge >= 0.3 is 6.03 Å². The minimum atomic E-state index is -0.478. The third-order valence-corrected chi connectivity index (χ3v) is 6.60. The van der Waals surface area contributed by atoms with Gasteiger partial charge in [-0.2, -0.15) is 0 Å². The van der Waals surface area contributed by atoms with E-state index in [1.54, 1.807) is 30.8 Å². The number of amidine groups is 1. The second kappa shape index (κ2) is 8.73. The number of urea groups is 1. The molecule has 2 atom stereocenters. The monoisotopic (exact) mass is 417 g/mol. The van der Waals surface area contributed by atoms with Crippen LogP contribution in [0.3, 0.4) is 0 Å². The van der Waals surface area contributed by atoms with Crippen LogP contribution in [0, 0.1) is 0 Å². The van der Waals surface area contributed by atoms with Crippen LogP contribution in [0.5, 0.6) is 0 Å². The van der Waals surface area contributed by atoms with Crippen LogP contribution in [0.25, 0.3) is 0 Å². The summed E-state index contributed by atoms with van der Waals surface area (Å²) in [7, 11) is 3.26. The quantitative estimate of drug-likeness (QED) is 0.716. The van der Waals surface area contributed by atoms with Crippen LogP contribution in [-0.4, -0.2) is 102 Å². The number of imide groups is 1. The number of thioether (sulfide) groups is 1. The minimum Gasteiger partial charge on any atom is -0.379 e. The number of ether oxygens (including phenoxy) is 1. The van der Waals surface area contributed by atoms with Crippen molar-refractivity contribution in [1.29, 1.82) is 0 Å². The molecule has 0 radical (unpaired) electrons. The Kier molecular flexibility index (Phi) is 6.07. The van der Waals surface area contributed by atoms with E-state index in [1.165, 1.54) is 4.90 Å². The fourth-order valence-electron chi connectivity index (χ4n) is 3.90. The van der Waals surface area contributed by atoms with Crippen molar-refractivity contribution < 1.29 is 14.3 Å². The molecule has 1 aromatic rings. The number of likely N-dealkylation sites (N-methyl/N-ethyl adjacent to an activating group) is 2. The second-order valence-corrected chi connectivity index (χ2v) is 8.54. The highest BCUT2D eigenvalue weighted by Gasteiger charge is 2.50. The third-order valence-electron chi connectivity index (χ3n) is 5.61. The molecule has 3 heterocycles. The molecule has 0 saturated carbocycles. The summed E-state index contributed by atoms with van der Waals surface area (Å²) in [6.07, 6.45) is -0.471. The van der Waals surface area contributed by atoms with Crippen LogP contribution in [0.15, 0.2) is 35.3 Å². The SMILES string of the molecule is CN1C(=O)C2C(N=C(SCCN3CCOCC3)N2Cc2ccccc2)N(C)C1=O. The highest BCUT2D eigenvalue weighted by atomic mass is 32.2. The Morgan fingerprint density at radius 2 is 1.86 bits per heavy atom. The van der Waals surface area contributed by atoms with E-state index in [2.05, 4.69) is 21.9 Å². The molecule has 2 fully saturated rings. The number of benzene rings is 1. The van der Waals surface area contributed by atoms with Gasteiger partial charge in [0.15, 0.2) is 17.4 Å². The van der Waals surface area contributed by atoms with Crippen LogP contribution in [0.2, 0.25) is 0 Å². The van der Waals surface area contributed by atoms with Crippen LogP contribution in [0.4, 0.5) is 4.79 Å². The van der Waals surface area contributed by atoms with E-state index in [0.717, 1.165) is 49.3 Å². The molecule has 0 N–H and O–H groups in total. The average molecular weight is 418 g/mol. The zero-order chi connectivity index (χ0) is 20.4. The number of hydrogen-bond donors (Lipinski definition) is 0. The van der Waals surface area contributed by atoms with Gasteiger partial charge in [-0.1, -0.05) is 42.1 Å². The van der Waals surface area contributed by atoms with Crippen molar-refractivity contribution in [1.82, 2.24) is 19.6 Å². The van der Waals surface area contributed by atoms with Gasteiger partial charge in [0.25, 0.3) is 5.91 Å². The molecule has 0 spiro atoms. The van der Waals surface area contributed by atoms with Gasteiger partial charge in [-0.15, -0.1) is 0 Å². The molecular formula is C20H27N5O3S. The zero-order valence-corrected chi connectivity index (χ0v) is 17.7. The van der Waals surface area contributed by atoms with Crippen molar-refractivity contribution in [3.8, 4) is 0 Å². The molecule has 3 aliphatic rings. The normalized spacial score (nSPS) is 25.4. The molecule has 3 aliphatic heterocycles. The molecule has 2 unspecified atom stereocenters. The van der Waals surface area contributed by atoms with Crippen molar-refractivity contribution in [2.45, 2.75) is 18.8 Å². The lowest BCUT2D eigenvalue weighted by atomic mass is 10.1. The first-order valence-corrected chi connectivity index (χ1v) is 10.9. The molecule has 0 aliphatic carbocycles. The van der Waals surface area contributed by atoms with E-state index in [9.17, 15) is 9.59 Å². The molecule has 3 amide bonds. The Balaban J connectivity index is 1.51. The number of aliphatic imine (C=N–C) groups is 1. The van der Waals surface area contributed by atoms with E-state index in [1.807, 2.05) is 18.2 Å². The highest BCUT2D eigenvalue weighted by molar-refractivity contribution is 8.13. The first-order valence-electron chi connectivity index (χ1n) is 9.92. The largest absolute Gasteiger partial charge is 0.379 e. The molecule has 1 aromatic carbocycles. The molecule has 29 heavy (non-hydrogen) atoms. The summed E-state index contributed by atoms with van der Waals surface area (Å²) < 4.78 is 5.41. The van der Waals surface area contributed by atoms with E-state index in [0.29, 0.717) is 6.54 Å². The summed E-state index contributed by atoms with van der Waals surface area (Å²) >= 11 is 1.66. The van der Waals surface area contributed by atoms with Crippen molar-refractivity contribution >= 4 is 28.9 Å². The topological polar surface area (TPSA) is 68.7 Å². The molecule has 4 rings (SSSR count). The standard InChI is InChI=1S/C20H27N5O3S/c1-22-17-16(18(26)23(2)20(22)27)25(14-15-6-4-3-5-7-15)19(21-17)29-13-10-24-8-11-28-12-9-24/h3-7,16-17H,8-14H2,1-2H3.